The van der Waals surface area contributed by atoms with E-state index in [1.165, 1.54) is 3.97 Å². The highest BCUT2D eigenvalue weighted by molar-refractivity contribution is 7.90. The lowest BCUT2D eigenvalue weighted by atomic mass is 10.1. The molecular formula is C27H25N5O2S. The topological polar surface area (TPSA) is 88.9 Å². The van der Waals surface area contributed by atoms with Gasteiger partial charge in [-0.05, 0) is 31.2 Å². The average Bonchev–Trinajstić information content (AvgIpc) is 3.55. The minimum atomic E-state index is -3.66. The van der Waals surface area contributed by atoms with Crippen LogP contribution in [-0.2, 0) is 10.0 Å². The number of aromatic nitrogens is 3. The molecule has 2 N–H and O–H groups in total. The van der Waals surface area contributed by atoms with Crippen LogP contribution < -0.4 is 10.6 Å². The van der Waals surface area contributed by atoms with E-state index in [9.17, 15) is 8.42 Å². The number of hydrogen-bond donors (Lipinski definition) is 2. The minimum Gasteiger partial charge on any atom is -0.365 e. The molecule has 35 heavy (non-hydrogen) atoms. The molecule has 1 unspecified atom stereocenters. The molecule has 1 saturated heterocycles. The van der Waals surface area contributed by atoms with Crippen molar-refractivity contribution >= 4 is 54.6 Å². The standard InChI is InChI=1S/C27H25N5O2S/c33-35(34,17-5-9-20-7-3-6-19-8-4-14-29-25(19)20)32-16-13-23-26(32)22-10-1-2-11-24(22)31-27(23)30-21-12-15-28-18-21/h1-11,13-14,16,21,28H,12,15,17-18H2,(H,30,31). The number of benzene rings is 2. The van der Waals surface area contributed by atoms with Gasteiger partial charge in [-0.25, -0.2) is 17.4 Å². The summed E-state index contributed by atoms with van der Waals surface area (Å²) in [7, 11) is -3.66. The Morgan fingerprint density at radius 3 is 2.83 bits per heavy atom. The highest BCUT2D eigenvalue weighted by Gasteiger charge is 2.22. The maximum absolute atomic E-state index is 13.5. The number of pyridine rings is 2. The first kappa shape index (κ1) is 21.8. The largest absolute Gasteiger partial charge is 0.365 e. The molecule has 5 aromatic rings. The lowest BCUT2D eigenvalue weighted by Gasteiger charge is -2.15. The number of nitrogens with zero attached hydrogens (tertiary/aromatic N) is 3. The molecule has 0 bridgehead atoms. The zero-order valence-electron chi connectivity index (χ0n) is 19.1. The first-order chi connectivity index (χ1) is 17.1. The SMILES string of the molecule is O=S(=O)(CC=Cc1cccc2cccnc12)n1ccc2c(NC3CCNC3)nc3ccccc3c21. The number of hydrogen-bond acceptors (Lipinski definition) is 6. The summed E-state index contributed by atoms with van der Waals surface area (Å²) in [5, 5.41) is 9.51. The van der Waals surface area contributed by atoms with E-state index in [1.54, 1.807) is 18.5 Å². The van der Waals surface area contributed by atoms with Gasteiger partial charge >= 0.3 is 0 Å². The smallest absolute Gasteiger partial charge is 0.242 e. The van der Waals surface area contributed by atoms with Gasteiger partial charge in [0.25, 0.3) is 0 Å². The van der Waals surface area contributed by atoms with Crippen LogP contribution in [0.1, 0.15) is 12.0 Å². The molecule has 0 spiro atoms. The number of nitrogens with one attached hydrogen (secondary N) is 2. The van der Waals surface area contributed by atoms with Crippen molar-refractivity contribution in [1.29, 1.82) is 0 Å². The van der Waals surface area contributed by atoms with E-state index < -0.39 is 10.0 Å². The van der Waals surface area contributed by atoms with Gasteiger partial charge in [-0.15, -0.1) is 0 Å². The van der Waals surface area contributed by atoms with Gasteiger partial charge in [0.1, 0.15) is 5.82 Å². The Labute approximate surface area is 203 Å². The number of fused-ring (bicyclic) bond motifs is 4. The van der Waals surface area contributed by atoms with Crippen molar-refractivity contribution in [2.24, 2.45) is 0 Å². The molecule has 7 nitrogen and oxygen atoms in total. The molecule has 1 fully saturated rings. The van der Waals surface area contributed by atoms with Crippen molar-refractivity contribution in [3.05, 3.63) is 84.7 Å². The maximum atomic E-state index is 13.5. The van der Waals surface area contributed by atoms with Crippen LogP contribution in [0.5, 0.6) is 0 Å². The second-order valence-corrected chi connectivity index (χ2v) is 10.7. The second-order valence-electron chi connectivity index (χ2n) is 8.79. The molecule has 1 atom stereocenters. The summed E-state index contributed by atoms with van der Waals surface area (Å²) in [6.07, 6.45) is 7.91. The lowest BCUT2D eigenvalue weighted by molar-refractivity contribution is 0.592. The lowest BCUT2D eigenvalue weighted by Crippen LogP contribution is -2.23. The quantitative estimate of drug-likeness (QED) is 0.372. The fourth-order valence-electron chi connectivity index (χ4n) is 4.77. The van der Waals surface area contributed by atoms with Gasteiger partial charge in [0.05, 0.1) is 22.3 Å². The van der Waals surface area contributed by atoms with Crippen LogP contribution in [0.4, 0.5) is 5.82 Å². The number of anilines is 1. The summed E-state index contributed by atoms with van der Waals surface area (Å²) >= 11 is 0. The van der Waals surface area contributed by atoms with Crippen LogP contribution >= 0.6 is 0 Å². The van der Waals surface area contributed by atoms with Gasteiger partial charge < -0.3 is 10.6 Å². The highest BCUT2D eigenvalue weighted by atomic mass is 32.2. The van der Waals surface area contributed by atoms with Crippen molar-refractivity contribution in [2.45, 2.75) is 12.5 Å². The monoisotopic (exact) mass is 483 g/mol. The Balaban J connectivity index is 1.39. The first-order valence-corrected chi connectivity index (χ1v) is 13.3. The van der Waals surface area contributed by atoms with Crippen LogP contribution in [0.3, 0.4) is 0 Å². The summed E-state index contributed by atoms with van der Waals surface area (Å²) in [6, 6.07) is 19.6. The van der Waals surface area contributed by atoms with E-state index in [2.05, 4.69) is 15.6 Å². The van der Waals surface area contributed by atoms with E-state index in [4.69, 9.17) is 4.98 Å². The van der Waals surface area contributed by atoms with Gasteiger partial charge in [-0.2, -0.15) is 0 Å². The predicted molar refractivity (Wildman–Crippen MR) is 142 cm³/mol. The van der Waals surface area contributed by atoms with Crippen molar-refractivity contribution in [1.82, 2.24) is 19.3 Å². The van der Waals surface area contributed by atoms with E-state index in [-0.39, 0.29) is 11.8 Å². The number of rotatable bonds is 6. The molecule has 6 rings (SSSR count). The molecule has 0 radical (unpaired) electrons. The normalized spacial score (nSPS) is 16.6. The Bertz CT molecular complexity index is 1680. The number of para-hydroxylation sites is 2. The molecule has 3 aromatic heterocycles. The fourth-order valence-corrected chi connectivity index (χ4v) is 5.99. The summed E-state index contributed by atoms with van der Waals surface area (Å²) in [6.45, 7) is 1.82. The maximum Gasteiger partial charge on any atom is 0.242 e. The van der Waals surface area contributed by atoms with Gasteiger partial charge in [0.2, 0.25) is 10.0 Å². The Morgan fingerprint density at radius 1 is 1.06 bits per heavy atom. The fraction of sp³-hybridized carbons (Fsp3) is 0.185. The molecule has 1 aliphatic rings. The molecule has 8 heteroatoms. The van der Waals surface area contributed by atoms with Crippen LogP contribution in [-0.4, -0.2) is 47.2 Å². The van der Waals surface area contributed by atoms with Gasteiger partial charge in [-0.1, -0.05) is 54.6 Å². The van der Waals surface area contributed by atoms with Gasteiger partial charge in [0, 0.05) is 46.7 Å². The van der Waals surface area contributed by atoms with Crippen molar-refractivity contribution in [3.63, 3.8) is 0 Å². The molecule has 0 saturated carbocycles. The van der Waals surface area contributed by atoms with Crippen molar-refractivity contribution in [3.8, 4) is 0 Å². The highest BCUT2D eigenvalue weighted by Crippen LogP contribution is 2.32. The van der Waals surface area contributed by atoms with Gasteiger partial charge in [0.15, 0.2) is 0 Å². The zero-order chi connectivity index (χ0) is 23.8. The molecule has 0 aliphatic carbocycles. The summed E-state index contributed by atoms with van der Waals surface area (Å²) in [5.74, 6) is 0.588. The third-order valence-corrected chi connectivity index (χ3v) is 7.99. The van der Waals surface area contributed by atoms with Crippen molar-refractivity contribution < 1.29 is 8.42 Å². The van der Waals surface area contributed by atoms with E-state index in [0.717, 1.165) is 58.1 Å². The molecular weight excluding hydrogens is 458 g/mol. The summed E-state index contributed by atoms with van der Waals surface area (Å²) in [4.78, 5) is 9.27. The molecule has 176 valence electrons. The van der Waals surface area contributed by atoms with Gasteiger partial charge in [-0.3, -0.25) is 4.98 Å². The summed E-state index contributed by atoms with van der Waals surface area (Å²) < 4.78 is 28.4. The Hall–Kier alpha value is -3.75. The molecule has 1 aliphatic heterocycles. The van der Waals surface area contributed by atoms with E-state index >= 15 is 0 Å². The van der Waals surface area contributed by atoms with E-state index in [0.29, 0.717) is 5.52 Å². The average molecular weight is 484 g/mol. The zero-order valence-corrected chi connectivity index (χ0v) is 19.9. The molecule has 0 amide bonds. The third-order valence-electron chi connectivity index (χ3n) is 6.47. The Kier molecular flexibility index (Phi) is 5.47. The molecule has 4 heterocycles. The first-order valence-electron chi connectivity index (χ1n) is 11.7. The van der Waals surface area contributed by atoms with E-state index in [1.807, 2.05) is 66.7 Å². The van der Waals surface area contributed by atoms with Crippen LogP contribution in [0.25, 0.3) is 38.8 Å². The summed E-state index contributed by atoms with van der Waals surface area (Å²) in [5.41, 5.74) is 3.16. The van der Waals surface area contributed by atoms with Crippen LogP contribution in [0.15, 0.2) is 79.1 Å². The molecule has 2 aromatic carbocycles. The minimum absolute atomic E-state index is 0.133. The second kappa shape index (κ2) is 8.79. The van der Waals surface area contributed by atoms with Crippen LogP contribution in [0, 0.1) is 0 Å². The third kappa shape index (κ3) is 4.05. The van der Waals surface area contributed by atoms with Crippen LogP contribution in [0.2, 0.25) is 0 Å². The Morgan fingerprint density at radius 2 is 1.94 bits per heavy atom. The predicted octanol–water partition coefficient (Wildman–Crippen LogP) is 4.40. The van der Waals surface area contributed by atoms with Crippen molar-refractivity contribution in [2.75, 3.05) is 24.2 Å².